The molecule has 3 N–H and O–H groups in total. The molecule has 0 bridgehead atoms. The van der Waals surface area contributed by atoms with Crippen molar-refractivity contribution < 1.29 is 28.7 Å². The quantitative estimate of drug-likeness (QED) is 0.268. The van der Waals surface area contributed by atoms with Gasteiger partial charge in [-0.3, -0.25) is 19.2 Å². The van der Waals surface area contributed by atoms with Gasteiger partial charge < -0.3 is 25.6 Å². The van der Waals surface area contributed by atoms with Gasteiger partial charge in [0.25, 0.3) is 5.91 Å². The Bertz CT molecular complexity index is 1030. The summed E-state index contributed by atoms with van der Waals surface area (Å²) < 4.78 is 5.34. The number of rotatable bonds is 12. The summed E-state index contributed by atoms with van der Waals surface area (Å²) in [5, 5.41) is 8.43. The van der Waals surface area contributed by atoms with E-state index in [2.05, 4.69) is 16.0 Å². The van der Waals surface area contributed by atoms with Gasteiger partial charge in [0.2, 0.25) is 11.7 Å². The van der Waals surface area contributed by atoms with Crippen LogP contribution in [-0.4, -0.2) is 78.2 Å². The van der Waals surface area contributed by atoms with Gasteiger partial charge in [0, 0.05) is 18.7 Å². The van der Waals surface area contributed by atoms with Crippen molar-refractivity contribution in [2.24, 2.45) is 5.92 Å². The molecule has 10 nitrogen and oxygen atoms in total. The highest BCUT2D eigenvalue weighted by molar-refractivity contribution is 6.39. The minimum absolute atomic E-state index is 0.256. The number of hydrogen-bond donors (Lipinski definition) is 3. The number of nitrogens with zero attached hydrogens (tertiary/aromatic N) is 1. The number of carbonyl (C=O) groups excluding carboxylic acids is 5. The van der Waals surface area contributed by atoms with Gasteiger partial charge in [0.1, 0.15) is 5.54 Å². The molecule has 0 aromatic heterocycles. The summed E-state index contributed by atoms with van der Waals surface area (Å²) in [5.74, 6) is -2.68. The lowest BCUT2D eigenvalue weighted by Gasteiger charge is -2.39. The van der Waals surface area contributed by atoms with Crippen LogP contribution in [0, 0.1) is 5.92 Å². The van der Waals surface area contributed by atoms with E-state index in [4.69, 9.17) is 4.74 Å². The zero-order valence-electron chi connectivity index (χ0n) is 24.0. The summed E-state index contributed by atoms with van der Waals surface area (Å²) >= 11 is 0. The molecule has 3 rings (SSSR count). The Balaban J connectivity index is 1.74. The van der Waals surface area contributed by atoms with E-state index in [1.807, 2.05) is 6.92 Å². The minimum Gasteiger partial charge on any atom is -0.378 e. The SMILES string of the molecule is CCCCC(NC(=O)C1(NC(=O)N2CCOCC2)CCCCC1)C(=O)C(=O)NC(C(=O)c1ccccc1)C(C)C. The summed E-state index contributed by atoms with van der Waals surface area (Å²) in [6.45, 7) is 7.34. The number of carbonyl (C=O) groups is 5. The molecule has 2 unspecified atom stereocenters. The van der Waals surface area contributed by atoms with E-state index in [-0.39, 0.29) is 24.2 Å². The molecule has 1 aromatic rings. The number of ketones is 2. The molecular weight excluding hydrogens is 512 g/mol. The normalized spacial score (nSPS) is 18.4. The molecular formula is C30H44N4O6. The fourth-order valence-electron chi connectivity index (χ4n) is 5.28. The van der Waals surface area contributed by atoms with Crippen LogP contribution in [-0.2, 0) is 19.1 Å². The molecule has 1 aliphatic carbocycles. The fraction of sp³-hybridized carbons (Fsp3) is 0.633. The third kappa shape index (κ3) is 8.13. The van der Waals surface area contributed by atoms with Crippen molar-refractivity contribution in [3.05, 3.63) is 35.9 Å². The number of ether oxygens (including phenoxy) is 1. The topological polar surface area (TPSA) is 134 Å². The maximum absolute atomic E-state index is 13.8. The Morgan fingerprint density at radius 2 is 1.60 bits per heavy atom. The Kier molecular flexibility index (Phi) is 11.7. The van der Waals surface area contributed by atoms with Crippen LogP contribution < -0.4 is 16.0 Å². The van der Waals surface area contributed by atoms with Crippen molar-refractivity contribution in [1.29, 1.82) is 0 Å². The van der Waals surface area contributed by atoms with E-state index in [0.29, 0.717) is 51.1 Å². The third-order valence-corrected chi connectivity index (χ3v) is 7.77. The Morgan fingerprint density at radius 3 is 2.20 bits per heavy atom. The van der Waals surface area contributed by atoms with Crippen LogP contribution in [0.4, 0.5) is 4.79 Å². The largest absolute Gasteiger partial charge is 0.378 e. The molecule has 40 heavy (non-hydrogen) atoms. The fourth-order valence-corrected chi connectivity index (χ4v) is 5.28. The lowest BCUT2D eigenvalue weighted by atomic mass is 9.80. The average molecular weight is 557 g/mol. The first-order valence-electron chi connectivity index (χ1n) is 14.6. The van der Waals surface area contributed by atoms with Gasteiger partial charge in [0.05, 0.1) is 25.3 Å². The Hall–Kier alpha value is -3.27. The van der Waals surface area contributed by atoms with Gasteiger partial charge >= 0.3 is 6.03 Å². The lowest BCUT2D eigenvalue weighted by Crippen LogP contribution is -2.65. The molecule has 2 atom stereocenters. The zero-order chi connectivity index (χ0) is 29.1. The highest BCUT2D eigenvalue weighted by atomic mass is 16.5. The smallest absolute Gasteiger partial charge is 0.318 e. The predicted octanol–water partition coefficient (Wildman–Crippen LogP) is 3.00. The molecule has 10 heteroatoms. The maximum atomic E-state index is 13.8. The van der Waals surface area contributed by atoms with Gasteiger partial charge in [-0.05, 0) is 25.2 Å². The lowest BCUT2D eigenvalue weighted by molar-refractivity contribution is -0.141. The summed E-state index contributed by atoms with van der Waals surface area (Å²) in [4.78, 5) is 68.1. The summed E-state index contributed by atoms with van der Waals surface area (Å²) in [6, 6.07) is 6.35. The zero-order valence-corrected chi connectivity index (χ0v) is 24.0. The number of hydrogen-bond acceptors (Lipinski definition) is 6. The second kappa shape index (κ2) is 14.9. The molecule has 0 radical (unpaired) electrons. The molecule has 1 saturated heterocycles. The highest BCUT2D eigenvalue weighted by Gasteiger charge is 2.44. The number of Topliss-reactive ketones (excluding diaryl/α,β-unsaturated/α-hetero) is 2. The average Bonchev–Trinajstić information content (AvgIpc) is 2.98. The number of amides is 4. The van der Waals surface area contributed by atoms with E-state index >= 15 is 0 Å². The van der Waals surface area contributed by atoms with Crippen LogP contribution in [0.25, 0.3) is 0 Å². The molecule has 220 valence electrons. The number of nitrogens with one attached hydrogen (secondary N) is 3. The van der Waals surface area contributed by atoms with Crippen LogP contribution in [0.3, 0.4) is 0 Å². The van der Waals surface area contributed by atoms with Gasteiger partial charge in [-0.2, -0.15) is 0 Å². The molecule has 1 aliphatic heterocycles. The predicted molar refractivity (Wildman–Crippen MR) is 151 cm³/mol. The first-order valence-corrected chi connectivity index (χ1v) is 14.6. The summed E-state index contributed by atoms with van der Waals surface area (Å²) in [5.41, 5.74) is -0.710. The van der Waals surface area contributed by atoms with Crippen LogP contribution in [0.15, 0.2) is 30.3 Å². The van der Waals surface area contributed by atoms with Gasteiger partial charge in [0.15, 0.2) is 5.78 Å². The maximum Gasteiger partial charge on any atom is 0.318 e. The first kappa shape index (κ1) is 31.3. The van der Waals surface area contributed by atoms with E-state index in [0.717, 1.165) is 25.7 Å². The van der Waals surface area contributed by atoms with Crippen LogP contribution in [0.1, 0.15) is 82.5 Å². The molecule has 4 amide bonds. The van der Waals surface area contributed by atoms with Crippen molar-refractivity contribution in [3.8, 4) is 0 Å². The van der Waals surface area contributed by atoms with Crippen LogP contribution in [0.5, 0.6) is 0 Å². The standard InChI is InChI=1S/C30H44N4O6/c1-4-5-14-23(26(36)27(37)32-24(21(2)3)25(35)22-12-8-6-9-13-22)31-28(38)30(15-10-7-11-16-30)33-29(39)34-17-19-40-20-18-34/h6,8-9,12-13,21,23-24H,4-5,7,10-11,14-20H2,1-3H3,(H,31,38)(H,32,37)(H,33,39). The second-order valence-electron chi connectivity index (χ2n) is 11.1. The van der Waals surface area contributed by atoms with Gasteiger partial charge in [-0.1, -0.05) is 83.2 Å². The van der Waals surface area contributed by atoms with E-state index in [1.54, 1.807) is 49.1 Å². The number of benzene rings is 1. The molecule has 2 fully saturated rings. The minimum atomic E-state index is -1.15. The monoisotopic (exact) mass is 556 g/mol. The second-order valence-corrected chi connectivity index (χ2v) is 11.1. The van der Waals surface area contributed by atoms with Gasteiger partial charge in [-0.15, -0.1) is 0 Å². The first-order chi connectivity index (χ1) is 19.2. The van der Waals surface area contributed by atoms with E-state index in [9.17, 15) is 24.0 Å². The Morgan fingerprint density at radius 1 is 0.950 bits per heavy atom. The van der Waals surface area contributed by atoms with Crippen molar-refractivity contribution in [1.82, 2.24) is 20.9 Å². The van der Waals surface area contributed by atoms with Crippen molar-refractivity contribution in [2.75, 3.05) is 26.3 Å². The van der Waals surface area contributed by atoms with Gasteiger partial charge in [-0.25, -0.2) is 4.79 Å². The van der Waals surface area contributed by atoms with Crippen molar-refractivity contribution in [2.45, 2.75) is 89.8 Å². The molecule has 1 saturated carbocycles. The highest BCUT2D eigenvalue weighted by Crippen LogP contribution is 2.29. The molecule has 1 aromatic carbocycles. The number of urea groups is 1. The number of morpholine rings is 1. The number of unbranched alkanes of at least 4 members (excludes halogenated alkanes) is 1. The van der Waals surface area contributed by atoms with E-state index in [1.165, 1.54) is 0 Å². The van der Waals surface area contributed by atoms with Crippen LogP contribution in [0.2, 0.25) is 0 Å². The molecule has 1 heterocycles. The van der Waals surface area contributed by atoms with Crippen molar-refractivity contribution >= 4 is 29.4 Å². The third-order valence-electron chi connectivity index (χ3n) is 7.77. The van der Waals surface area contributed by atoms with Crippen molar-refractivity contribution in [3.63, 3.8) is 0 Å². The molecule has 2 aliphatic rings. The van der Waals surface area contributed by atoms with E-state index < -0.39 is 35.2 Å². The Labute approximate surface area is 237 Å². The summed E-state index contributed by atoms with van der Waals surface area (Å²) in [6.07, 6.45) is 5.06. The molecule has 0 spiro atoms. The van der Waals surface area contributed by atoms with Crippen LogP contribution >= 0.6 is 0 Å². The summed E-state index contributed by atoms with van der Waals surface area (Å²) in [7, 11) is 0.